The molecule has 1 atom stereocenters. The molecule has 2 aromatic rings. The number of aliphatic hydroxyl groups excluding tert-OH is 1. The number of hydrogen-bond donors (Lipinski definition) is 1. The third-order valence-corrected chi connectivity index (χ3v) is 6.18. The summed E-state index contributed by atoms with van der Waals surface area (Å²) in [4.78, 5) is 30.1. The average Bonchev–Trinajstić information content (AvgIpc) is 3.13. The van der Waals surface area contributed by atoms with Crippen LogP contribution in [-0.2, 0) is 9.59 Å². The van der Waals surface area contributed by atoms with E-state index >= 15 is 0 Å². The van der Waals surface area contributed by atoms with Crippen LogP contribution in [0.15, 0.2) is 48.0 Å². The molecule has 0 aliphatic carbocycles. The fourth-order valence-electron chi connectivity index (χ4n) is 4.18. The molecule has 2 aromatic carbocycles. The highest BCUT2D eigenvalue weighted by molar-refractivity contribution is 6.46. The van der Waals surface area contributed by atoms with E-state index in [-0.39, 0.29) is 16.9 Å². The number of nitrogens with zero attached hydrogens (tertiary/aromatic N) is 2. The summed E-state index contributed by atoms with van der Waals surface area (Å²) in [5, 5.41) is 11.4. The van der Waals surface area contributed by atoms with Crippen LogP contribution in [0, 0.1) is 0 Å². The van der Waals surface area contributed by atoms with E-state index in [0.29, 0.717) is 35.9 Å². The highest BCUT2D eigenvalue weighted by Gasteiger charge is 2.46. The molecular weight excluding hydrogens is 436 g/mol. The largest absolute Gasteiger partial charge is 0.507 e. The van der Waals surface area contributed by atoms with Gasteiger partial charge in [-0.1, -0.05) is 26.0 Å². The van der Waals surface area contributed by atoms with Gasteiger partial charge < -0.3 is 29.1 Å². The lowest BCUT2D eigenvalue weighted by atomic mass is 9.95. The van der Waals surface area contributed by atoms with Crippen molar-refractivity contribution in [2.45, 2.75) is 19.9 Å². The second-order valence-electron chi connectivity index (χ2n) is 7.86. The predicted octanol–water partition coefficient (Wildman–Crippen LogP) is 3.48. The molecule has 8 heteroatoms. The van der Waals surface area contributed by atoms with Crippen LogP contribution >= 0.6 is 0 Å². The minimum atomic E-state index is -0.752. The third-order valence-electron chi connectivity index (χ3n) is 6.18. The van der Waals surface area contributed by atoms with Gasteiger partial charge >= 0.3 is 0 Å². The van der Waals surface area contributed by atoms with Crippen LogP contribution in [0.2, 0.25) is 0 Å². The monoisotopic (exact) mass is 468 g/mol. The molecule has 34 heavy (non-hydrogen) atoms. The number of ketones is 1. The summed E-state index contributed by atoms with van der Waals surface area (Å²) in [5.74, 6) is -0.182. The van der Waals surface area contributed by atoms with Crippen molar-refractivity contribution >= 4 is 17.4 Å². The average molecular weight is 469 g/mol. The lowest BCUT2D eigenvalue weighted by Crippen LogP contribution is -2.38. The third kappa shape index (κ3) is 4.87. The normalized spacial score (nSPS) is 17.4. The van der Waals surface area contributed by atoms with Gasteiger partial charge in [-0.15, -0.1) is 0 Å². The van der Waals surface area contributed by atoms with Crippen LogP contribution in [-0.4, -0.2) is 74.1 Å². The smallest absolute Gasteiger partial charge is 0.295 e. The number of carbonyl (C=O) groups is 2. The number of benzene rings is 2. The number of amides is 1. The molecule has 0 radical (unpaired) electrons. The van der Waals surface area contributed by atoms with Gasteiger partial charge in [0.05, 0.1) is 38.5 Å². The highest BCUT2D eigenvalue weighted by Crippen LogP contribution is 2.41. The SMILES string of the molecule is CCN(CC)CCN1C(=O)C(=O)/C(=C(/O)c2cc(OC)ccc2OC)C1c1ccc(OC)cc1. The summed E-state index contributed by atoms with van der Waals surface area (Å²) in [6.07, 6.45) is 0. The second kappa shape index (κ2) is 11.1. The van der Waals surface area contributed by atoms with E-state index in [9.17, 15) is 14.7 Å². The Kier molecular flexibility index (Phi) is 8.17. The van der Waals surface area contributed by atoms with Gasteiger partial charge in [0.1, 0.15) is 23.0 Å². The molecule has 0 saturated carbocycles. The summed E-state index contributed by atoms with van der Waals surface area (Å²) < 4.78 is 16.0. The van der Waals surface area contributed by atoms with E-state index in [1.54, 1.807) is 49.6 Å². The summed E-state index contributed by atoms with van der Waals surface area (Å²) in [7, 11) is 4.55. The summed E-state index contributed by atoms with van der Waals surface area (Å²) in [6.45, 7) is 6.70. The van der Waals surface area contributed by atoms with Crippen molar-refractivity contribution in [2.24, 2.45) is 0 Å². The van der Waals surface area contributed by atoms with Crippen molar-refractivity contribution in [3.05, 3.63) is 59.2 Å². The first kappa shape index (κ1) is 25.1. The van der Waals surface area contributed by atoms with Crippen molar-refractivity contribution in [2.75, 3.05) is 47.5 Å². The molecule has 1 fully saturated rings. The maximum atomic E-state index is 13.3. The van der Waals surface area contributed by atoms with Gasteiger partial charge in [0, 0.05) is 13.1 Å². The molecule has 0 bridgehead atoms. The standard InChI is InChI=1S/C26H32N2O6/c1-6-27(7-2)14-15-28-23(17-8-10-18(32-3)11-9-17)22(25(30)26(28)31)24(29)20-16-19(33-4)12-13-21(20)34-5/h8-13,16,23,29H,6-7,14-15H2,1-5H3/b24-22+. The molecule has 1 N–H and O–H groups in total. The Morgan fingerprint density at radius 2 is 1.56 bits per heavy atom. The number of aliphatic hydroxyl groups is 1. The Bertz CT molecular complexity index is 1060. The number of ether oxygens (including phenoxy) is 3. The molecule has 1 amide bonds. The Morgan fingerprint density at radius 3 is 2.12 bits per heavy atom. The topological polar surface area (TPSA) is 88.5 Å². The lowest BCUT2D eigenvalue weighted by molar-refractivity contribution is -0.140. The molecule has 182 valence electrons. The van der Waals surface area contributed by atoms with Crippen LogP contribution in [0.4, 0.5) is 0 Å². The molecule has 1 unspecified atom stereocenters. The zero-order valence-electron chi connectivity index (χ0n) is 20.3. The van der Waals surface area contributed by atoms with Crippen LogP contribution in [0.25, 0.3) is 5.76 Å². The fraction of sp³-hybridized carbons (Fsp3) is 0.385. The Balaban J connectivity index is 2.16. The number of hydrogen-bond acceptors (Lipinski definition) is 7. The Labute approximate surface area is 200 Å². The van der Waals surface area contributed by atoms with E-state index in [2.05, 4.69) is 4.90 Å². The number of rotatable bonds is 10. The van der Waals surface area contributed by atoms with E-state index in [4.69, 9.17) is 14.2 Å². The maximum absolute atomic E-state index is 13.3. The van der Waals surface area contributed by atoms with Crippen molar-refractivity contribution in [3.8, 4) is 17.2 Å². The van der Waals surface area contributed by atoms with E-state index < -0.39 is 17.7 Å². The Hall–Kier alpha value is -3.52. The van der Waals surface area contributed by atoms with Gasteiger partial charge in [0.25, 0.3) is 11.7 Å². The summed E-state index contributed by atoms with van der Waals surface area (Å²) in [6, 6.07) is 11.3. The molecular formula is C26H32N2O6. The molecule has 1 heterocycles. The minimum Gasteiger partial charge on any atom is -0.507 e. The quantitative estimate of drug-likeness (QED) is 0.324. The van der Waals surface area contributed by atoms with Crippen molar-refractivity contribution in [3.63, 3.8) is 0 Å². The maximum Gasteiger partial charge on any atom is 0.295 e. The van der Waals surface area contributed by atoms with Gasteiger partial charge in [-0.3, -0.25) is 9.59 Å². The molecule has 0 spiro atoms. The number of likely N-dealkylation sites (N-methyl/N-ethyl adjacent to an activating group) is 1. The van der Waals surface area contributed by atoms with Crippen molar-refractivity contribution in [1.29, 1.82) is 0 Å². The van der Waals surface area contributed by atoms with Gasteiger partial charge in [-0.2, -0.15) is 0 Å². The molecule has 0 aromatic heterocycles. The van der Waals surface area contributed by atoms with Gasteiger partial charge in [-0.25, -0.2) is 0 Å². The molecule has 1 aliphatic heterocycles. The zero-order valence-corrected chi connectivity index (χ0v) is 20.3. The number of likely N-dealkylation sites (tertiary alicyclic amines) is 1. The Morgan fingerprint density at radius 1 is 0.941 bits per heavy atom. The number of Topliss-reactive ketones (excluding diaryl/α,β-unsaturated/α-hetero) is 1. The summed E-state index contributed by atoms with van der Waals surface area (Å²) in [5.41, 5.74) is 0.992. The molecule has 3 rings (SSSR count). The van der Waals surface area contributed by atoms with Crippen LogP contribution in [0.3, 0.4) is 0 Å². The van der Waals surface area contributed by atoms with Crippen LogP contribution in [0.1, 0.15) is 31.0 Å². The van der Waals surface area contributed by atoms with Gasteiger partial charge in [-0.05, 0) is 49.0 Å². The zero-order chi connectivity index (χ0) is 24.8. The number of methoxy groups -OCH3 is 3. The van der Waals surface area contributed by atoms with E-state index in [1.807, 2.05) is 13.8 Å². The van der Waals surface area contributed by atoms with Crippen LogP contribution in [0.5, 0.6) is 17.2 Å². The summed E-state index contributed by atoms with van der Waals surface area (Å²) >= 11 is 0. The first-order valence-corrected chi connectivity index (χ1v) is 11.3. The van der Waals surface area contributed by atoms with Crippen molar-refractivity contribution in [1.82, 2.24) is 9.80 Å². The van der Waals surface area contributed by atoms with Gasteiger partial charge in [0.2, 0.25) is 0 Å². The van der Waals surface area contributed by atoms with E-state index in [0.717, 1.165) is 13.1 Å². The number of carbonyl (C=O) groups excluding carboxylic acids is 2. The first-order valence-electron chi connectivity index (χ1n) is 11.3. The van der Waals surface area contributed by atoms with Crippen molar-refractivity contribution < 1.29 is 28.9 Å². The van der Waals surface area contributed by atoms with Gasteiger partial charge in [0.15, 0.2) is 0 Å². The molecule has 8 nitrogen and oxygen atoms in total. The predicted molar refractivity (Wildman–Crippen MR) is 129 cm³/mol. The highest BCUT2D eigenvalue weighted by atomic mass is 16.5. The minimum absolute atomic E-state index is 0.0151. The molecule has 1 aliphatic rings. The first-order chi connectivity index (χ1) is 16.4. The second-order valence-corrected chi connectivity index (χ2v) is 7.86. The fourth-order valence-corrected chi connectivity index (χ4v) is 4.18. The van der Waals surface area contributed by atoms with E-state index in [1.165, 1.54) is 19.1 Å². The van der Waals surface area contributed by atoms with Crippen LogP contribution < -0.4 is 14.2 Å². The molecule has 1 saturated heterocycles. The lowest BCUT2D eigenvalue weighted by Gasteiger charge is -2.28.